The van der Waals surface area contributed by atoms with Gasteiger partial charge in [0.25, 0.3) is 0 Å². The van der Waals surface area contributed by atoms with Crippen LogP contribution in [0.15, 0.2) is 23.1 Å². The minimum Gasteiger partial charge on any atom is -0.465 e. The third-order valence-electron chi connectivity index (χ3n) is 2.66. The van der Waals surface area contributed by atoms with Crippen molar-refractivity contribution >= 4 is 16.0 Å². The van der Waals surface area contributed by atoms with Crippen molar-refractivity contribution in [3.8, 4) is 0 Å². The van der Waals surface area contributed by atoms with E-state index in [0.29, 0.717) is 13.0 Å². The van der Waals surface area contributed by atoms with Gasteiger partial charge in [-0.1, -0.05) is 13.0 Å². The number of nitrogens with one attached hydrogen (secondary N) is 1. The van der Waals surface area contributed by atoms with Crippen LogP contribution in [0.1, 0.15) is 24.5 Å². The summed E-state index contributed by atoms with van der Waals surface area (Å²) >= 11 is 0. The van der Waals surface area contributed by atoms with Gasteiger partial charge in [-0.25, -0.2) is 8.42 Å². The van der Waals surface area contributed by atoms with Gasteiger partial charge in [0.2, 0.25) is 10.0 Å². The fourth-order valence-corrected chi connectivity index (χ4v) is 2.44. The molecular formula is C13H19NO4S. The summed E-state index contributed by atoms with van der Waals surface area (Å²) in [6.45, 7) is 5.55. The van der Waals surface area contributed by atoms with Crippen LogP contribution in [-0.2, 0) is 19.6 Å². The highest BCUT2D eigenvalue weighted by Crippen LogP contribution is 2.14. The number of carbonyl (C=O) groups is 1. The van der Waals surface area contributed by atoms with Crippen LogP contribution in [0.3, 0.4) is 0 Å². The molecule has 0 aliphatic rings. The fraction of sp³-hybridized carbons (Fsp3) is 0.462. The van der Waals surface area contributed by atoms with Crippen molar-refractivity contribution in [1.82, 2.24) is 4.72 Å². The second kappa shape index (κ2) is 6.68. The number of carbonyl (C=O) groups excluding carboxylic acids is 1. The van der Waals surface area contributed by atoms with Gasteiger partial charge < -0.3 is 4.74 Å². The van der Waals surface area contributed by atoms with E-state index < -0.39 is 16.0 Å². The Morgan fingerprint density at radius 3 is 2.53 bits per heavy atom. The molecule has 0 aliphatic heterocycles. The van der Waals surface area contributed by atoms with Crippen LogP contribution >= 0.6 is 0 Å². The number of rotatable bonds is 6. The molecule has 106 valence electrons. The van der Waals surface area contributed by atoms with Crippen molar-refractivity contribution in [2.45, 2.75) is 32.1 Å². The molecule has 0 aromatic heterocycles. The van der Waals surface area contributed by atoms with Gasteiger partial charge >= 0.3 is 5.97 Å². The highest BCUT2D eigenvalue weighted by molar-refractivity contribution is 7.89. The lowest BCUT2D eigenvalue weighted by Gasteiger charge is -2.08. The molecule has 19 heavy (non-hydrogen) atoms. The maximum Gasteiger partial charge on any atom is 0.321 e. The van der Waals surface area contributed by atoms with E-state index in [1.165, 1.54) is 6.07 Å². The van der Waals surface area contributed by atoms with Crippen LogP contribution in [0.5, 0.6) is 0 Å². The predicted molar refractivity (Wildman–Crippen MR) is 72.4 cm³/mol. The molecule has 1 N–H and O–H groups in total. The van der Waals surface area contributed by atoms with Crippen molar-refractivity contribution in [1.29, 1.82) is 0 Å². The number of sulfonamides is 1. The summed E-state index contributed by atoms with van der Waals surface area (Å²) in [5.74, 6) is -0.575. The molecule has 1 aromatic carbocycles. The van der Waals surface area contributed by atoms with Crippen LogP contribution < -0.4 is 4.72 Å². The van der Waals surface area contributed by atoms with E-state index in [9.17, 15) is 13.2 Å². The Labute approximate surface area is 114 Å². The van der Waals surface area contributed by atoms with Crippen LogP contribution in [0, 0.1) is 13.8 Å². The molecule has 0 radical (unpaired) electrons. The molecule has 0 aliphatic carbocycles. The first kappa shape index (κ1) is 15.7. The first-order valence-electron chi connectivity index (χ1n) is 6.09. The zero-order valence-corrected chi connectivity index (χ0v) is 12.2. The molecule has 5 nitrogen and oxygen atoms in total. The molecule has 0 unspecified atom stereocenters. The van der Waals surface area contributed by atoms with Crippen LogP contribution in [0.4, 0.5) is 0 Å². The Kier molecular flexibility index (Phi) is 5.50. The molecule has 0 amide bonds. The molecule has 0 fully saturated rings. The first-order chi connectivity index (χ1) is 8.86. The van der Waals surface area contributed by atoms with Gasteiger partial charge in [-0.3, -0.25) is 4.79 Å². The predicted octanol–water partition coefficient (Wildman–Crippen LogP) is 1.53. The van der Waals surface area contributed by atoms with Gasteiger partial charge in [0, 0.05) is 0 Å². The number of hydrogen-bond acceptors (Lipinski definition) is 4. The largest absolute Gasteiger partial charge is 0.465 e. The molecule has 1 rings (SSSR count). The molecule has 6 heteroatoms. The number of esters is 1. The lowest BCUT2D eigenvalue weighted by atomic mass is 10.1. The number of hydrogen-bond donors (Lipinski definition) is 1. The summed E-state index contributed by atoms with van der Waals surface area (Å²) < 4.78 is 30.9. The Balaban J connectivity index is 2.70. The molecule has 0 bridgehead atoms. The minimum absolute atomic E-state index is 0.152. The molecule has 0 atom stereocenters. The van der Waals surface area contributed by atoms with E-state index in [2.05, 4.69) is 4.72 Å². The maximum absolute atomic E-state index is 12.0. The minimum atomic E-state index is -3.67. The van der Waals surface area contributed by atoms with Crippen LogP contribution in [-0.4, -0.2) is 27.5 Å². The third kappa shape index (κ3) is 4.65. The van der Waals surface area contributed by atoms with Gasteiger partial charge in [0.15, 0.2) is 0 Å². The van der Waals surface area contributed by atoms with Crippen molar-refractivity contribution in [2.24, 2.45) is 0 Å². The average Bonchev–Trinajstić information content (AvgIpc) is 2.37. The Hall–Kier alpha value is -1.40. The zero-order chi connectivity index (χ0) is 14.5. The zero-order valence-electron chi connectivity index (χ0n) is 11.4. The second-order valence-electron chi connectivity index (χ2n) is 4.29. The summed E-state index contributed by atoms with van der Waals surface area (Å²) in [4.78, 5) is 11.4. The Morgan fingerprint density at radius 2 is 1.95 bits per heavy atom. The second-order valence-corrected chi connectivity index (χ2v) is 6.06. The fourth-order valence-electron chi connectivity index (χ4n) is 1.39. The summed E-state index contributed by atoms with van der Waals surface area (Å²) in [6, 6.07) is 4.83. The van der Waals surface area contributed by atoms with Gasteiger partial charge in [-0.05, 0) is 43.5 Å². The van der Waals surface area contributed by atoms with Crippen molar-refractivity contribution in [3.05, 3.63) is 29.3 Å². The van der Waals surface area contributed by atoms with E-state index in [4.69, 9.17) is 4.74 Å². The lowest BCUT2D eigenvalue weighted by molar-refractivity contribution is -0.142. The van der Waals surface area contributed by atoms with Crippen LogP contribution in [0.2, 0.25) is 0 Å². The quantitative estimate of drug-likeness (QED) is 0.805. The summed E-state index contributed by atoms with van der Waals surface area (Å²) in [5.41, 5.74) is 1.90. The van der Waals surface area contributed by atoms with E-state index in [-0.39, 0.29) is 11.4 Å². The Morgan fingerprint density at radius 1 is 1.26 bits per heavy atom. The number of aryl methyl sites for hydroxylation is 2. The summed E-state index contributed by atoms with van der Waals surface area (Å²) in [6.07, 6.45) is 0.704. The first-order valence-corrected chi connectivity index (χ1v) is 7.57. The van der Waals surface area contributed by atoms with Crippen molar-refractivity contribution in [2.75, 3.05) is 13.2 Å². The van der Waals surface area contributed by atoms with Crippen molar-refractivity contribution < 1.29 is 17.9 Å². The van der Waals surface area contributed by atoms with Gasteiger partial charge in [0.05, 0.1) is 11.5 Å². The van der Waals surface area contributed by atoms with E-state index in [1.54, 1.807) is 12.1 Å². The molecular weight excluding hydrogens is 266 g/mol. The average molecular weight is 285 g/mol. The molecule has 0 saturated heterocycles. The molecule has 0 spiro atoms. The molecule has 0 saturated carbocycles. The smallest absolute Gasteiger partial charge is 0.321 e. The van der Waals surface area contributed by atoms with Gasteiger partial charge in [-0.15, -0.1) is 0 Å². The van der Waals surface area contributed by atoms with Crippen molar-refractivity contribution in [3.63, 3.8) is 0 Å². The lowest BCUT2D eigenvalue weighted by Crippen LogP contribution is -2.30. The highest BCUT2D eigenvalue weighted by atomic mass is 32.2. The van der Waals surface area contributed by atoms with Gasteiger partial charge in [-0.2, -0.15) is 4.72 Å². The van der Waals surface area contributed by atoms with E-state index >= 15 is 0 Å². The normalized spacial score (nSPS) is 11.3. The number of benzene rings is 1. The molecule has 1 aromatic rings. The Bertz CT molecular complexity index is 552. The van der Waals surface area contributed by atoms with Gasteiger partial charge in [0.1, 0.15) is 6.54 Å². The standard InChI is InChI=1S/C13H19NO4S/c1-4-7-18-13(15)9-14-19(16,17)12-6-5-10(2)11(3)8-12/h5-6,8,14H,4,7,9H2,1-3H3. The monoisotopic (exact) mass is 285 g/mol. The third-order valence-corrected chi connectivity index (χ3v) is 4.06. The molecule has 0 heterocycles. The summed E-state index contributed by atoms with van der Waals surface area (Å²) in [5, 5.41) is 0. The van der Waals surface area contributed by atoms with E-state index in [1.807, 2.05) is 20.8 Å². The van der Waals surface area contributed by atoms with Crippen LogP contribution in [0.25, 0.3) is 0 Å². The van der Waals surface area contributed by atoms with E-state index in [0.717, 1.165) is 11.1 Å². The maximum atomic E-state index is 12.0. The number of ether oxygens (including phenoxy) is 1. The SMILES string of the molecule is CCCOC(=O)CNS(=O)(=O)c1ccc(C)c(C)c1. The highest BCUT2D eigenvalue weighted by Gasteiger charge is 2.16. The topological polar surface area (TPSA) is 72.5 Å². The summed E-state index contributed by atoms with van der Waals surface area (Å²) in [7, 11) is -3.67.